The number of rotatable bonds is 5. The molecule has 1 aliphatic heterocycles. The summed E-state index contributed by atoms with van der Waals surface area (Å²) in [5.41, 5.74) is 3.74. The summed E-state index contributed by atoms with van der Waals surface area (Å²) in [5.74, 6) is 1.71. The Labute approximate surface area is 196 Å². The lowest BCUT2D eigenvalue weighted by molar-refractivity contribution is -0.117. The van der Waals surface area contributed by atoms with Crippen LogP contribution < -0.4 is 9.64 Å². The van der Waals surface area contributed by atoms with Crippen molar-refractivity contribution >= 4 is 45.8 Å². The van der Waals surface area contributed by atoms with Crippen LogP contribution in [-0.2, 0) is 11.3 Å². The molecule has 0 spiro atoms. The van der Waals surface area contributed by atoms with E-state index in [2.05, 4.69) is 4.57 Å². The maximum atomic E-state index is 12.9. The van der Waals surface area contributed by atoms with Crippen LogP contribution in [0.3, 0.4) is 0 Å². The number of hydrogen-bond donors (Lipinski definition) is 0. The van der Waals surface area contributed by atoms with Crippen molar-refractivity contribution in [2.75, 3.05) is 18.6 Å². The normalized spacial score (nSPS) is 16.2. The van der Waals surface area contributed by atoms with Crippen molar-refractivity contribution < 1.29 is 9.53 Å². The summed E-state index contributed by atoms with van der Waals surface area (Å²) in [6.07, 6.45) is 0.406. The van der Waals surface area contributed by atoms with Crippen molar-refractivity contribution in [1.29, 1.82) is 0 Å². The Hall–Kier alpha value is -3.02. The average Bonchev–Trinajstić information content (AvgIpc) is 3.36. The number of carbonyl (C=O) groups is 1. The van der Waals surface area contributed by atoms with Gasteiger partial charge in [0, 0.05) is 34.6 Å². The van der Waals surface area contributed by atoms with Crippen molar-refractivity contribution in [3.8, 4) is 5.75 Å². The smallest absolute Gasteiger partial charge is 0.227 e. The van der Waals surface area contributed by atoms with Crippen molar-refractivity contribution in [3.63, 3.8) is 0 Å². The first-order chi connectivity index (χ1) is 15.5. The Morgan fingerprint density at radius 1 is 1.06 bits per heavy atom. The quantitative estimate of drug-likeness (QED) is 0.367. The van der Waals surface area contributed by atoms with Gasteiger partial charge in [0.05, 0.1) is 24.7 Å². The molecule has 1 atom stereocenters. The highest BCUT2D eigenvalue weighted by Gasteiger charge is 2.35. The van der Waals surface area contributed by atoms with Crippen LogP contribution in [0.15, 0.2) is 66.7 Å². The molecule has 0 bridgehead atoms. The predicted octanol–water partition coefficient (Wildman–Crippen LogP) is 5.92. The molecule has 1 amide bonds. The zero-order valence-corrected chi connectivity index (χ0v) is 19.0. The second-order valence-corrected chi connectivity index (χ2v) is 8.73. The van der Waals surface area contributed by atoms with E-state index in [9.17, 15) is 4.79 Å². The van der Waals surface area contributed by atoms with Crippen LogP contribution in [0.2, 0.25) is 10.0 Å². The van der Waals surface area contributed by atoms with E-state index in [0.717, 1.165) is 33.9 Å². The molecule has 0 aliphatic carbocycles. The minimum atomic E-state index is -0.0249. The number of aromatic nitrogens is 2. The van der Waals surface area contributed by atoms with E-state index in [4.69, 9.17) is 32.9 Å². The van der Waals surface area contributed by atoms with E-state index in [0.29, 0.717) is 29.6 Å². The van der Waals surface area contributed by atoms with E-state index in [-0.39, 0.29) is 11.8 Å². The SMILES string of the molecule is COc1ccc(N2C[C@H](c3nc4ccccc4n3Cc3ccc(Cl)cc3Cl)CC2=O)cc1. The highest BCUT2D eigenvalue weighted by molar-refractivity contribution is 6.35. The number of imidazole rings is 1. The Balaban J connectivity index is 1.51. The van der Waals surface area contributed by atoms with Crippen LogP contribution in [0.1, 0.15) is 23.7 Å². The molecule has 1 aliphatic rings. The molecule has 7 heteroatoms. The fourth-order valence-electron chi connectivity index (χ4n) is 4.28. The molecule has 1 saturated heterocycles. The monoisotopic (exact) mass is 465 g/mol. The van der Waals surface area contributed by atoms with Crippen LogP contribution in [0.4, 0.5) is 5.69 Å². The van der Waals surface area contributed by atoms with E-state index in [1.807, 2.05) is 65.6 Å². The van der Waals surface area contributed by atoms with Crippen LogP contribution in [0.25, 0.3) is 11.0 Å². The molecule has 2 heterocycles. The van der Waals surface area contributed by atoms with Crippen LogP contribution in [-0.4, -0.2) is 29.1 Å². The zero-order valence-electron chi connectivity index (χ0n) is 17.5. The van der Waals surface area contributed by atoms with Gasteiger partial charge < -0.3 is 14.2 Å². The lowest BCUT2D eigenvalue weighted by Crippen LogP contribution is -2.24. The highest BCUT2D eigenvalue weighted by atomic mass is 35.5. The van der Waals surface area contributed by atoms with Gasteiger partial charge in [0.25, 0.3) is 0 Å². The molecule has 4 aromatic rings. The minimum absolute atomic E-state index is 0.0249. The van der Waals surface area contributed by atoms with Gasteiger partial charge in [-0.1, -0.05) is 41.4 Å². The minimum Gasteiger partial charge on any atom is -0.497 e. The standard InChI is InChI=1S/C25H21Cl2N3O2/c1-32-20-10-8-19(9-11-20)29-15-17(12-24(29)31)25-28-22-4-2-3-5-23(22)30(25)14-16-6-7-18(26)13-21(16)27/h2-11,13,17H,12,14-15H2,1H3/t17-/m1/s1. The zero-order chi connectivity index (χ0) is 22.2. The fourth-order valence-corrected chi connectivity index (χ4v) is 4.75. The maximum absolute atomic E-state index is 12.9. The van der Waals surface area contributed by atoms with Crippen LogP contribution in [0.5, 0.6) is 5.75 Å². The lowest BCUT2D eigenvalue weighted by Gasteiger charge is -2.18. The number of benzene rings is 3. The highest BCUT2D eigenvalue weighted by Crippen LogP contribution is 2.34. The third-order valence-electron chi connectivity index (χ3n) is 5.90. The van der Waals surface area contributed by atoms with Gasteiger partial charge in [-0.3, -0.25) is 4.79 Å². The molecule has 0 unspecified atom stereocenters. The summed E-state index contributed by atoms with van der Waals surface area (Å²) in [4.78, 5) is 19.7. The molecule has 1 aromatic heterocycles. The summed E-state index contributed by atoms with van der Waals surface area (Å²) >= 11 is 12.6. The molecule has 0 N–H and O–H groups in total. The van der Waals surface area contributed by atoms with Crippen molar-refractivity contribution in [2.24, 2.45) is 0 Å². The number of hydrogen-bond acceptors (Lipinski definition) is 3. The van der Waals surface area contributed by atoms with E-state index < -0.39 is 0 Å². The number of halogens is 2. The third kappa shape index (κ3) is 3.83. The summed E-state index contributed by atoms with van der Waals surface area (Å²) in [5, 5.41) is 1.22. The summed E-state index contributed by atoms with van der Waals surface area (Å²) in [7, 11) is 1.63. The molecule has 0 saturated carbocycles. The molecule has 5 nitrogen and oxygen atoms in total. The number of methoxy groups -OCH3 is 1. The summed E-state index contributed by atoms with van der Waals surface area (Å²) in [6.45, 7) is 1.13. The second kappa shape index (κ2) is 8.49. The largest absolute Gasteiger partial charge is 0.497 e. The first-order valence-electron chi connectivity index (χ1n) is 10.4. The predicted molar refractivity (Wildman–Crippen MR) is 128 cm³/mol. The van der Waals surface area contributed by atoms with Crippen molar-refractivity contribution in [1.82, 2.24) is 9.55 Å². The number of anilines is 1. The van der Waals surface area contributed by atoms with Gasteiger partial charge in [-0.2, -0.15) is 0 Å². The Bertz CT molecular complexity index is 1300. The second-order valence-electron chi connectivity index (χ2n) is 7.88. The third-order valence-corrected chi connectivity index (χ3v) is 6.49. The van der Waals surface area contributed by atoms with Gasteiger partial charge in [0.2, 0.25) is 5.91 Å². The van der Waals surface area contributed by atoms with Gasteiger partial charge in [0.15, 0.2) is 0 Å². The molecular formula is C25H21Cl2N3O2. The summed E-state index contributed by atoms with van der Waals surface area (Å²) < 4.78 is 7.40. The fraction of sp³-hybridized carbons (Fsp3) is 0.200. The Morgan fingerprint density at radius 3 is 2.59 bits per heavy atom. The molecule has 32 heavy (non-hydrogen) atoms. The van der Waals surface area contributed by atoms with Gasteiger partial charge in [-0.25, -0.2) is 4.98 Å². The number of fused-ring (bicyclic) bond motifs is 1. The average molecular weight is 466 g/mol. The molecule has 0 radical (unpaired) electrons. The van der Waals surface area contributed by atoms with Gasteiger partial charge >= 0.3 is 0 Å². The Morgan fingerprint density at radius 2 is 1.84 bits per heavy atom. The molecule has 3 aromatic carbocycles. The first-order valence-corrected chi connectivity index (χ1v) is 11.1. The van der Waals surface area contributed by atoms with E-state index >= 15 is 0 Å². The summed E-state index contributed by atoms with van der Waals surface area (Å²) in [6, 6.07) is 21.1. The van der Waals surface area contributed by atoms with Crippen molar-refractivity contribution in [3.05, 3.63) is 88.2 Å². The maximum Gasteiger partial charge on any atom is 0.227 e. The lowest BCUT2D eigenvalue weighted by atomic mass is 10.1. The number of para-hydroxylation sites is 2. The van der Waals surface area contributed by atoms with Crippen LogP contribution in [0, 0.1) is 0 Å². The Kier molecular flexibility index (Phi) is 5.53. The first kappa shape index (κ1) is 20.9. The molecule has 1 fully saturated rings. The number of nitrogens with zero attached hydrogens (tertiary/aromatic N) is 3. The van der Waals surface area contributed by atoms with E-state index in [1.54, 1.807) is 13.2 Å². The number of amides is 1. The molecule has 162 valence electrons. The number of ether oxygens (including phenoxy) is 1. The molecular weight excluding hydrogens is 445 g/mol. The number of carbonyl (C=O) groups excluding carboxylic acids is 1. The van der Waals surface area contributed by atoms with Gasteiger partial charge in [-0.05, 0) is 54.1 Å². The van der Waals surface area contributed by atoms with E-state index in [1.165, 1.54) is 0 Å². The van der Waals surface area contributed by atoms with Crippen molar-refractivity contribution in [2.45, 2.75) is 18.9 Å². The molecule has 5 rings (SSSR count). The van der Waals surface area contributed by atoms with Gasteiger partial charge in [-0.15, -0.1) is 0 Å². The van der Waals surface area contributed by atoms with Gasteiger partial charge in [0.1, 0.15) is 11.6 Å². The topological polar surface area (TPSA) is 47.4 Å². The van der Waals surface area contributed by atoms with Crippen LogP contribution >= 0.6 is 23.2 Å².